The number of nitrogens with one attached hydrogen (secondary N) is 3. The maximum atomic E-state index is 12.9. The molecular formula is C21H19F3N4O2. The molecule has 30 heavy (non-hydrogen) atoms. The SMILES string of the molecule is COc1ccc(NC(=O)Nc2c(-c3ccc(C(F)(F)F)cc3)n[nH]c2C2CC2)cc1. The monoisotopic (exact) mass is 416 g/mol. The van der Waals surface area contributed by atoms with Crippen molar-refractivity contribution in [1.29, 1.82) is 0 Å². The number of alkyl halides is 3. The molecule has 156 valence electrons. The third-order valence-electron chi connectivity index (χ3n) is 4.85. The molecule has 1 fully saturated rings. The van der Waals surface area contributed by atoms with Gasteiger partial charge in [0.05, 0.1) is 24.1 Å². The second kappa shape index (κ2) is 7.74. The van der Waals surface area contributed by atoms with Gasteiger partial charge in [0.15, 0.2) is 0 Å². The summed E-state index contributed by atoms with van der Waals surface area (Å²) in [7, 11) is 1.55. The Morgan fingerprint density at radius 2 is 1.73 bits per heavy atom. The molecule has 9 heteroatoms. The van der Waals surface area contributed by atoms with Crippen LogP contribution >= 0.6 is 0 Å². The van der Waals surface area contributed by atoms with E-state index < -0.39 is 17.8 Å². The maximum absolute atomic E-state index is 12.9. The maximum Gasteiger partial charge on any atom is 0.416 e. The molecule has 1 saturated carbocycles. The van der Waals surface area contributed by atoms with Gasteiger partial charge in [-0.3, -0.25) is 5.10 Å². The summed E-state index contributed by atoms with van der Waals surface area (Å²) in [6.07, 6.45) is -2.49. The van der Waals surface area contributed by atoms with Crippen LogP contribution < -0.4 is 15.4 Å². The van der Waals surface area contributed by atoms with Gasteiger partial charge in [-0.1, -0.05) is 12.1 Å². The van der Waals surface area contributed by atoms with Gasteiger partial charge in [-0.15, -0.1) is 0 Å². The van der Waals surface area contributed by atoms with Gasteiger partial charge in [0.1, 0.15) is 11.4 Å². The molecular weight excluding hydrogens is 397 g/mol. The highest BCUT2D eigenvalue weighted by molar-refractivity contribution is 6.02. The number of benzene rings is 2. The van der Waals surface area contributed by atoms with Gasteiger partial charge >= 0.3 is 12.2 Å². The molecule has 1 heterocycles. The van der Waals surface area contributed by atoms with Gasteiger partial charge in [-0.05, 0) is 49.2 Å². The summed E-state index contributed by atoms with van der Waals surface area (Å²) in [5, 5.41) is 12.7. The minimum atomic E-state index is -4.41. The first-order valence-corrected chi connectivity index (χ1v) is 9.33. The highest BCUT2D eigenvalue weighted by Gasteiger charge is 2.32. The van der Waals surface area contributed by atoms with Crippen molar-refractivity contribution in [2.24, 2.45) is 0 Å². The van der Waals surface area contributed by atoms with Gasteiger partial charge in [0.2, 0.25) is 0 Å². The molecule has 3 N–H and O–H groups in total. The number of aromatic nitrogens is 2. The van der Waals surface area contributed by atoms with Crippen LogP contribution in [0.15, 0.2) is 48.5 Å². The van der Waals surface area contributed by atoms with Crippen LogP contribution in [-0.4, -0.2) is 23.3 Å². The average Bonchev–Trinajstić information content (AvgIpc) is 3.49. The summed E-state index contributed by atoms with van der Waals surface area (Å²) in [6, 6.07) is 11.1. The predicted octanol–water partition coefficient (Wildman–Crippen LogP) is 5.63. The molecule has 1 aromatic heterocycles. The molecule has 2 amide bonds. The number of carbonyl (C=O) groups excluding carboxylic acids is 1. The van der Waals surface area contributed by atoms with Crippen molar-refractivity contribution in [3.05, 3.63) is 59.8 Å². The number of nitrogens with zero attached hydrogens (tertiary/aromatic N) is 1. The van der Waals surface area contributed by atoms with E-state index in [2.05, 4.69) is 20.8 Å². The number of anilines is 2. The number of halogens is 3. The molecule has 1 aliphatic rings. The van der Waals surface area contributed by atoms with Gasteiger partial charge in [-0.25, -0.2) is 4.79 Å². The van der Waals surface area contributed by atoms with E-state index in [1.54, 1.807) is 31.4 Å². The Kier molecular flexibility index (Phi) is 5.11. The van der Waals surface area contributed by atoms with Crippen LogP contribution in [0.4, 0.5) is 29.3 Å². The van der Waals surface area contributed by atoms with E-state index in [1.165, 1.54) is 12.1 Å². The van der Waals surface area contributed by atoms with E-state index in [-0.39, 0.29) is 5.92 Å². The zero-order valence-corrected chi connectivity index (χ0v) is 16.0. The molecule has 2 aromatic carbocycles. The van der Waals surface area contributed by atoms with Crippen LogP contribution in [0.3, 0.4) is 0 Å². The first kappa shape index (κ1) is 19.8. The number of aromatic amines is 1. The third-order valence-corrected chi connectivity index (χ3v) is 4.85. The lowest BCUT2D eigenvalue weighted by Crippen LogP contribution is -2.20. The predicted molar refractivity (Wildman–Crippen MR) is 107 cm³/mol. The van der Waals surface area contributed by atoms with Crippen LogP contribution in [0.25, 0.3) is 11.3 Å². The van der Waals surface area contributed by atoms with Crippen molar-refractivity contribution < 1.29 is 22.7 Å². The Morgan fingerprint density at radius 3 is 2.30 bits per heavy atom. The fraction of sp³-hybridized carbons (Fsp3) is 0.238. The number of urea groups is 1. The number of methoxy groups -OCH3 is 1. The normalized spacial score (nSPS) is 13.7. The van der Waals surface area contributed by atoms with Crippen molar-refractivity contribution in [2.45, 2.75) is 24.9 Å². The number of hydrogen-bond acceptors (Lipinski definition) is 3. The summed E-state index contributed by atoms with van der Waals surface area (Å²) in [4.78, 5) is 12.6. The number of ether oxygens (including phenoxy) is 1. The molecule has 0 saturated heterocycles. The molecule has 0 spiro atoms. The molecule has 1 aliphatic carbocycles. The van der Waals surface area contributed by atoms with Crippen molar-refractivity contribution in [3.8, 4) is 17.0 Å². The van der Waals surface area contributed by atoms with Crippen molar-refractivity contribution >= 4 is 17.4 Å². The Labute approximate surface area is 170 Å². The van der Waals surface area contributed by atoms with E-state index in [0.717, 1.165) is 30.7 Å². The molecule has 0 unspecified atom stereocenters. The van der Waals surface area contributed by atoms with Crippen LogP contribution in [0, 0.1) is 0 Å². The Balaban J connectivity index is 1.57. The largest absolute Gasteiger partial charge is 0.497 e. The topological polar surface area (TPSA) is 79.0 Å². The summed E-state index contributed by atoms with van der Waals surface area (Å²) in [5.41, 5.74) is 1.95. The average molecular weight is 416 g/mol. The van der Waals surface area contributed by atoms with Gasteiger partial charge in [0.25, 0.3) is 0 Å². The van der Waals surface area contributed by atoms with E-state index in [0.29, 0.717) is 28.4 Å². The highest BCUT2D eigenvalue weighted by atomic mass is 19.4. The van der Waals surface area contributed by atoms with Crippen LogP contribution in [-0.2, 0) is 6.18 Å². The van der Waals surface area contributed by atoms with E-state index in [9.17, 15) is 18.0 Å². The standard InChI is InChI=1S/C21H19F3N4O2/c1-30-16-10-8-15(9-11-16)25-20(29)26-19-17(12-2-3-12)27-28-18(19)13-4-6-14(7-5-13)21(22,23)24/h4-12H,2-3H2,1H3,(H,27,28)(H2,25,26,29). The van der Waals surface area contributed by atoms with Crippen LogP contribution in [0.2, 0.25) is 0 Å². The van der Waals surface area contributed by atoms with Gasteiger partial charge in [0, 0.05) is 17.2 Å². The van der Waals surface area contributed by atoms with Crippen LogP contribution in [0.1, 0.15) is 30.0 Å². The molecule has 0 bridgehead atoms. The van der Waals surface area contributed by atoms with Gasteiger partial charge < -0.3 is 15.4 Å². The zero-order valence-electron chi connectivity index (χ0n) is 16.0. The molecule has 6 nitrogen and oxygen atoms in total. The van der Waals surface area contributed by atoms with E-state index in [4.69, 9.17) is 4.74 Å². The minimum absolute atomic E-state index is 0.247. The summed E-state index contributed by atoms with van der Waals surface area (Å²) in [6.45, 7) is 0. The fourth-order valence-electron chi connectivity index (χ4n) is 3.13. The summed E-state index contributed by atoms with van der Waals surface area (Å²) in [5.74, 6) is 0.911. The number of H-pyrrole nitrogens is 1. The van der Waals surface area contributed by atoms with Crippen molar-refractivity contribution in [1.82, 2.24) is 10.2 Å². The Morgan fingerprint density at radius 1 is 1.07 bits per heavy atom. The molecule has 0 aliphatic heterocycles. The molecule has 4 rings (SSSR count). The lowest BCUT2D eigenvalue weighted by Gasteiger charge is -2.11. The molecule has 0 atom stereocenters. The van der Waals surface area contributed by atoms with Gasteiger partial charge in [-0.2, -0.15) is 18.3 Å². The lowest BCUT2D eigenvalue weighted by atomic mass is 10.1. The first-order valence-electron chi connectivity index (χ1n) is 9.33. The molecule has 3 aromatic rings. The van der Waals surface area contributed by atoms with Crippen molar-refractivity contribution in [3.63, 3.8) is 0 Å². The zero-order chi connectivity index (χ0) is 21.3. The van der Waals surface area contributed by atoms with E-state index >= 15 is 0 Å². The van der Waals surface area contributed by atoms with Crippen molar-refractivity contribution in [2.75, 3.05) is 17.7 Å². The Hall–Kier alpha value is -3.49. The number of hydrogen-bond donors (Lipinski definition) is 3. The minimum Gasteiger partial charge on any atom is -0.497 e. The second-order valence-corrected chi connectivity index (χ2v) is 7.02. The second-order valence-electron chi connectivity index (χ2n) is 7.02. The van der Waals surface area contributed by atoms with E-state index in [1.807, 2.05) is 0 Å². The highest BCUT2D eigenvalue weighted by Crippen LogP contribution is 2.45. The number of amides is 2. The number of carbonyl (C=O) groups is 1. The lowest BCUT2D eigenvalue weighted by molar-refractivity contribution is -0.137. The third kappa shape index (κ3) is 4.24. The first-order chi connectivity index (χ1) is 14.3. The summed E-state index contributed by atoms with van der Waals surface area (Å²) >= 11 is 0. The quantitative estimate of drug-likeness (QED) is 0.505. The molecule has 0 radical (unpaired) electrons. The summed E-state index contributed by atoms with van der Waals surface area (Å²) < 4.78 is 43.6. The smallest absolute Gasteiger partial charge is 0.416 e. The number of rotatable bonds is 5. The fourth-order valence-corrected chi connectivity index (χ4v) is 3.13. The Bertz CT molecular complexity index is 1040. The van der Waals surface area contributed by atoms with Crippen LogP contribution in [0.5, 0.6) is 5.75 Å².